The summed E-state index contributed by atoms with van der Waals surface area (Å²) in [5, 5.41) is 5.51. The number of urea groups is 1. The quantitative estimate of drug-likeness (QED) is 0.858. The molecule has 122 valence electrons. The summed E-state index contributed by atoms with van der Waals surface area (Å²) in [7, 11) is 1.61. The van der Waals surface area contributed by atoms with E-state index in [2.05, 4.69) is 10.6 Å². The zero-order chi connectivity index (χ0) is 16.8. The first-order valence-electron chi connectivity index (χ1n) is 7.13. The molecule has 0 fully saturated rings. The first-order valence-corrected chi connectivity index (χ1v) is 7.51. The number of benzene rings is 2. The molecule has 0 bridgehead atoms. The van der Waals surface area contributed by atoms with Gasteiger partial charge in [0.15, 0.2) is 0 Å². The molecule has 2 aromatic rings. The van der Waals surface area contributed by atoms with Crippen LogP contribution in [0.2, 0.25) is 5.02 Å². The van der Waals surface area contributed by atoms with Crippen molar-refractivity contribution in [3.63, 3.8) is 0 Å². The van der Waals surface area contributed by atoms with E-state index in [-0.39, 0.29) is 16.8 Å². The predicted octanol–water partition coefficient (Wildman–Crippen LogP) is 4.24. The third kappa shape index (κ3) is 5.14. The molecule has 2 N–H and O–H groups in total. The van der Waals surface area contributed by atoms with Crippen molar-refractivity contribution >= 4 is 23.3 Å². The van der Waals surface area contributed by atoms with Crippen LogP contribution in [0.25, 0.3) is 0 Å². The Hall–Kier alpha value is -2.27. The van der Waals surface area contributed by atoms with Crippen LogP contribution in [0.5, 0.6) is 5.75 Å². The molecule has 6 heteroatoms. The van der Waals surface area contributed by atoms with Gasteiger partial charge in [-0.15, -0.1) is 0 Å². The number of anilines is 1. The van der Waals surface area contributed by atoms with Crippen molar-refractivity contribution in [3.8, 4) is 5.75 Å². The van der Waals surface area contributed by atoms with Crippen LogP contribution >= 0.6 is 11.6 Å². The molecular formula is C17H18ClFN2O2. The predicted molar refractivity (Wildman–Crippen MR) is 89.7 cm³/mol. The normalized spacial score (nSPS) is 11.7. The van der Waals surface area contributed by atoms with Gasteiger partial charge in [-0.2, -0.15) is 0 Å². The molecule has 0 aromatic heterocycles. The Morgan fingerprint density at radius 1 is 1.30 bits per heavy atom. The van der Waals surface area contributed by atoms with Gasteiger partial charge < -0.3 is 15.4 Å². The molecule has 0 aliphatic carbocycles. The summed E-state index contributed by atoms with van der Waals surface area (Å²) in [6, 6.07) is 11.1. The lowest BCUT2D eigenvalue weighted by Gasteiger charge is -2.15. The van der Waals surface area contributed by atoms with E-state index in [4.69, 9.17) is 16.3 Å². The van der Waals surface area contributed by atoms with Gasteiger partial charge in [0, 0.05) is 11.1 Å². The summed E-state index contributed by atoms with van der Waals surface area (Å²) < 4.78 is 18.8. The molecule has 1 atom stereocenters. The second-order valence-corrected chi connectivity index (χ2v) is 5.62. The minimum atomic E-state index is -0.576. The average molecular weight is 337 g/mol. The molecule has 2 amide bonds. The van der Waals surface area contributed by atoms with Crippen molar-refractivity contribution in [2.45, 2.75) is 19.4 Å². The van der Waals surface area contributed by atoms with Crippen LogP contribution in [0.15, 0.2) is 42.5 Å². The summed E-state index contributed by atoms with van der Waals surface area (Å²) in [4.78, 5) is 11.9. The highest BCUT2D eigenvalue weighted by Gasteiger charge is 2.11. The van der Waals surface area contributed by atoms with Crippen molar-refractivity contribution in [1.82, 2.24) is 5.32 Å². The van der Waals surface area contributed by atoms with Crippen molar-refractivity contribution in [1.29, 1.82) is 0 Å². The van der Waals surface area contributed by atoms with Gasteiger partial charge >= 0.3 is 6.03 Å². The Morgan fingerprint density at radius 2 is 2.09 bits per heavy atom. The zero-order valence-corrected chi connectivity index (χ0v) is 13.7. The Labute approximate surface area is 139 Å². The molecule has 0 spiro atoms. The first-order chi connectivity index (χ1) is 11.0. The Balaban J connectivity index is 1.91. The highest BCUT2D eigenvalue weighted by molar-refractivity contribution is 6.30. The molecule has 0 heterocycles. The summed E-state index contributed by atoms with van der Waals surface area (Å²) in [6.07, 6.45) is 0.633. The number of hydrogen-bond donors (Lipinski definition) is 2. The highest BCUT2D eigenvalue weighted by Crippen LogP contribution is 2.19. The Morgan fingerprint density at radius 3 is 2.78 bits per heavy atom. The lowest BCUT2D eigenvalue weighted by molar-refractivity contribution is 0.249. The topological polar surface area (TPSA) is 50.4 Å². The smallest absolute Gasteiger partial charge is 0.319 e. The van der Waals surface area contributed by atoms with Crippen molar-refractivity contribution < 1.29 is 13.9 Å². The van der Waals surface area contributed by atoms with E-state index in [1.54, 1.807) is 7.11 Å². The van der Waals surface area contributed by atoms with E-state index in [0.717, 1.165) is 17.4 Å². The molecule has 2 aromatic carbocycles. The number of rotatable bonds is 5. The Bertz CT molecular complexity index is 694. The molecular weight excluding hydrogens is 319 g/mol. The molecule has 0 aliphatic rings. The van der Waals surface area contributed by atoms with Gasteiger partial charge in [-0.25, -0.2) is 9.18 Å². The van der Waals surface area contributed by atoms with Gasteiger partial charge in [0.25, 0.3) is 0 Å². The zero-order valence-electron chi connectivity index (χ0n) is 12.9. The fourth-order valence-electron chi connectivity index (χ4n) is 2.18. The standard InChI is InChI=1S/C17H18ClFN2O2/c1-11(8-12-4-3-5-14(9-12)23-2)20-17(22)21-16-7-6-13(18)10-15(16)19/h3-7,9-11H,8H2,1-2H3,(H2,20,21,22). The van der Waals surface area contributed by atoms with Crippen LogP contribution in [0, 0.1) is 5.82 Å². The van der Waals surface area contributed by atoms with E-state index in [0.29, 0.717) is 6.42 Å². The Kier molecular flexibility index (Phi) is 5.82. The summed E-state index contributed by atoms with van der Waals surface area (Å²) in [6.45, 7) is 1.87. The number of hydrogen-bond acceptors (Lipinski definition) is 2. The van der Waals surface area contributed by atoms with Gasteiger partial charge in [-0.1, -0.05) is 23.7 Å². The maximum atomic E-state index is 13.6. The van der Waals surface area contributed by atoms with Gasteiger partial charge in [0.1, 0.15) is 11.6 Å². The number of carbonyl (C=O) groups excluding carboxylic acids is 1. The molecule has 23 heavy (non-hydrogen) atoms. The molecule has 1 unspecified atom stereocenters. The van der Waals surface area contributed by atoms with Gasteiger partial charge in [-0.05, 0) is 49.2 Å². The molecule has 2 rings (SSSR count). The number of methoxy groups -OCH3 is 1. The van der Waals surface area contributed by atoms with Crippen LogP contribution in [0.4, 0.5) is 14.9 Å². The third-order valence-corrected chi connectivity index (χ3v) is 3.47. The molecule has 0 saturated heterocycles. The summed E-state index contributed by atoms with van der Waals surface area (Å²) in [5.41, 5.74) is 1.12. The number of halogens is 2. The van der Waals surface area contributed by atoms with Gasteiger partial charge in [0.05, 0.1) is 12.8 Å². The SMILES string of the molecule is COc1cccc(CC(C)NC(=O)Nc2ccc(Cl)cc2F)c1. The van der Waals surface area contributed by atoms with Crippen LogP contribution < -0.4 is 15.4 Å². The third-order valence-electron chi connectivity index (χ3n) is 3.23. The van der Waals surface area contributed by atoms with E-state index in [9.17, 15) is 9.18 Å². The van der Waals surface area contributed by atoms with Crippen LogP contribution in [0.1, 0.15) is 12.5 Å². The van der Waals surface area contributed by atoms with E-state index < -0.39 is 11.8 Å². The number of carbonyl (C=O) groups is 1. The lowest BCUT2D eigenvalue weighted by atomic mass is 10.1. The first kappa shape index (κ1) is 17.1. The van der Waals surface area contributed by atoms with Crippen molar-refractivity contribution in [3.05, 3.63) is 58.9 Å². The minimum Gasteiger partial charge on any atom is -0.497 e. The second kappa shape index (κ2) is 7.83. The largest absolute Gasteiger partial charge is 0.497 e. The fourth-order valence-corrected chi connectivity index (χ4v) is 2.34. The van der Waals surface area contributed by atoms with Crippen molar-refractivity contribution in [2.24, 2.45) is 0 Å². The molecule has 0 radical (unpaired) electrons. The van der Waals surface area contributed by atoms with Crippen molar-refractivity contribution in [2.75, 3.05) is 12.4 Å². The summed E-state index contributed by atoms with van der Waals surface area (Å²) in [5.74, 6) is 0.190. The monoisotopic (exact) mass is 336 g/mol. The van der Waals surface area contributed by atoms with Crippen LogP contribution in [0.3, 0.4) is 0 Å². The lowest BCUT2D eigenvalue weighted by Crippen LogP contribution is -2.37. The van der Waals surface area contributed by atoms with E-state index in [1.165, 1.54) is 12.1 Å². The maximum Gasteiger partial charge on any atom is 0.319 e. The summed E-state index contributed by atoms with van der Waals surface area (Å²) >= 11 is 5.67. The minimum absolute atomic E-state index is 0.0838. The molecule has 0 aliphatic heterocycles. The van der Waals surface area contributed by atoms with Gasteiger partial charge in [-0.3, -0.25) is 0 Å². The number of amides is 2. The second-order valence-electron chi connectivity index (χ2n) is 5.18. The van der Waals surface area contributed by atoms with E-state index in [1.807, 2.05) is 31.2 Å². The highest BCUT2D eigenvalue weighted by atomic mass is 35.5. The number of ether oxygens (including phenoxy) is 1. The van der Waals surface area contributed by atoms with Crippen LogP contribution in [-0.4, -0.2) is 19.2 Å². The van der Waals surface area contributed by atoms with E-state index >= 15 is 0 Å². The number of nitrogens with one attached hydrogen (secondary N) is 2. The molecule has 0 saturated carbocycles. The van der Waals surface area contributed by atoms with Crippen LogP contribution in [-0.2, 0) is 6.42 Å². The fraction of sp³-hybridized carbons (Fsp3) is 0.235. The molecule has 4 nitrogen and oxygen atoms in total. The maximum absolute atomic E-state index is 13.6. The van der Waals surface area contributed by atoms with Gasteiger partial charge in [0.2, 0.25) is 0 Å². The average Bonchev–Trinajstić information content (AvgIpc) is 2.50.